The minimum absolute atomic E-state index is 0.135. The molecule has 2 heterocycles. The monoisotopic (exact) mass is 648 g/mol. The number of ether oxygens (including phenoxy) is 2. The van der Waals surface area contributed by atoms with Crippen molar-refractivity contribution >= 4 is 41.4 Å². The molecule has 2 saturated heterocycles. The molecule has 11 heteroatoms. The predicted molar refractivity (Wildman–Crippen MR) is 179 cm³/mol. The van der Waals surface area contributed by atoms with Crippen LogP contribution in [0.25, 0.3) is 0 Å². The van der Waals surface area contributed by atoms with Crippen molar-refractivity contribution in [1.82, 2.24) is 20.4 Å². The van der Waals surface area contributed by atoms with Crippen LogP contribution in [-0.4, -0.2) is 95.3 Å². The van der Waals surface area contributed by atoms with Crippen LogP contribution in [0.5, 0.6) is 5.75 Å². The van der Waals surface area contributed by atoms with E-state index in [1.165, 1.54) is 54.3 Å². The molecule has 3 aliphatic rings. The maximum absolute atomic E-state index is 13.5. The molecule has 0 bridgehead atoms. The highest BCUT2D eigenvalue weighted by Crippen LogP contribution is 2.28. The van der Waals surface area contributed by atoms with Crippen molar-refractivity contribution in [2.24, 2.45) is 11.8 Å². The highest BCUT2D eigenvalue weighted by atomic mass is 32.2. The van der Waals surface area contributed by atoms with Crippen LogP contribution in [0.2, 0.25) is 0 Å². The summed E-state index contributed by atoms with van der Waals surface area (Å²) in [6.07, 6.45) is 7.93. The Morgan fingerprint density at radius 1 is 1.02 bits per heavy atom. The van der Waals surface area contributed by atoms with E-state index in [-0.39, 0.29) is 11.8 Å². The molecule has 1 aliphatic carbocycles. The number of piperidine rings is 1. The SMILES string of the molecule is COc1ccc(CN2CCC(CNC(=O)C(CSCC3CCCCC3)NC(=O)C3CSCN3C(=O)OC(C)(C)C)CC2)cc1. The Morgan fingerprint density at radius 2 is 1.73 bits per heavy atom. The van der Waals surface area contributed by atoms with Gasteiger partial charge in [-0.2, -0.15) is 11.8 Å². The van der Waals surface area contributed by atoms with Gasteiger partial charge in [-0.25, -0.2) is 4.79 Å². The summed E-state index contributed by atoms with van der Waals surface area (Å²) in [5.74, 6) is 3.97. The van der Waals surface area contributed by atoms with Gasteiger partial charge in [0, 0.05) is 24.6 Å². The number of likely N-dealkylation sites (tertiary alicyclic amines) is 1. The predicted octanol–water partition coefficient (Wildman–Crippen LogP) is 5.13. The maximum Gasteiger partial charge on any atom is 0.411 e. The van der Waals surface area contributed by atoms with Crippen LogP contribution in [0, 0.1) is 11.8 Å². The van der Waals surface area contributed by atoms with Gasteiger partial charge >= 0.3 is 6.09 Å². The van der Waals surface area contributed by atoms with Gasteiger partial charge in [0.05, 0.1) is 13.0 Å². The lowest BCUT2D eigenvalue weighted by molar-refractivity contribution is -0.130. The van der Waals surface area contributed by atoms with Crippen molar-refractivity contribution in [1.29, 1.82) is 0 Å². The van der Waals surface area contributed by atoms with E-state index in [0.717, 1.165) is 44.0 Å². The number of carbonyl (C=O) groups excluding carboxylic acids is 3. The van der Waals surface area contributed by atoms with E-state index in [2.05, 4.69) is 27.7 Å². The lowest BCUT2D eigenvalue weighted by Gasteiger charge is -2.32. The second-order valence-electron chi connectivity index (χ2n) is 13.4. The fourth-order valence-electron chi connectivity index (χ4n) is 6.02. The van der Waals surface area contributed by atoms with Gasteiger partial charge in [-0.3, -0.25) is 19.4 Å². The standard InChI is InChI=1S/C33H52N4O5S2/c1-33(2,3)42-32(40)37-23-44-22-29(37)31(39)35-28(21-43-20-26-8-6-5-7-9-26)30(38)34-18-24-14-16-36(17-15-24)19-25-10-12-27(41-4)13-11-25/h10-13,24,26,28-29H,5-9,14-23H2,1-4H3,(H,34,38)(H,35,39). The van der Waals surface area contributed by atoms with Gasteiger partial charge in [0.15, 0.2) is 0 Å². The second-order valence-corrected chi connectivity index (χ2v) is 15.5. The number of nitrogens with zero attached hydrogens (tertiary/aromatic N) is 2. The summed E-state index contributed by atoms with van der Waals surface area (Å²) in [6, 6.07) is 6.94. The molecule has 1 aromatic rings. The first-order valence-electron chi connectivity index (χ1n) is 16.2. The molecule has 3 amide bonds. The van der Waals surface area contributed by atoms with E-state index in [1.54, 1.807) is 18.9 Å². The van der Waals surface area contributed by atoms with E-state index >= 15 is 0 Å². The summed E-state index contributed by atoms with van der Waals surface area (Å²) in [5.41, 5.74) is 0.628. The molecule has 0 spiro atoms. The van der Waals surface area contributed by atoms with Gasteiger partial charge in [-0.05, 0) is 94.8 Å². The molecule has 2 N–H and O–H groups in total. The van der Waals surface area contributed by atoms with Crippen LogP contribution in [0.3, 0.4) is 0 Å². The van der Waals surface area contributed by atoms with Crippen molar-refractivity contribution in [2.75, 3.05) is 49.9 Å². The Labute approximate surface area is 272 Å². The topological polar surface area (TPSA) is 100 Å². The molecule has 246 valence electrons. The van der Waals surface area contributed by atoms with Gasteiger partial charge in [-0.15, -0.1) is 11.8 Å². The zero-order valence-corrected chi connectivity index (χ0v) is 28.6. The number of amides is 3. The zero-order chi connectivity index (χ0) is 31.5. The van der Waals surface area contributed by atoms with Gasteiger partial charge in [-0.1, -0.05) is 31.4 Å². The fraction of sp³-hybridized carbons (Fsp3) is 0.727. The molecule has 2 aliphatic heterocycles. The molecule has 1 saturated carbocycles. The Bertz CT molecular complexity index is 1070. The van der Waals surface area contributed by atoms with E-state index in [9.17, 15) is 14.4 Å². The lowest BCUT2D eigenvalue weighted by atomic mass is 9.91. The first-order valence-corrected chi connectivity index (χ1v) is 18.5. The Hall–Kier alpha value is -2.11. The summed E-state index contributed by atoms with van der Waals surface area (Å²) in [7, 11) is 1.68. The quantitative estimate of drug-likeness (QED) is 0.322. The number of carbonyl (C=O) groups is 3. The largest absolute Gasteiger partial charge is 0.497 e. The average molecular weight is 649 g/mol. The molecule has 2 atom stereocenters. The maximum atomic E-state index is 13.5. The Balaban J connectivity index is 1.28. The zero-order valence-electron chi connectivity index (χ0n) is 27.0. The highest BCUT2D eigenvalue weighted by molar-refractivity contribution is 7.99. The van der Waals surface area contributed by atoms with Crippen molar-refractivity contribution in [3.63, 3.8) is 0 Å². The summed E-state index contributed by atoms with van der Waals surface area (Å²) < 4.78 is 10.8. The third-order valence-corrected chi connectivity index (χ3v) is 10.9. The number of hydrogen-bond donors (Lipinski definition) is 2. The summed E-state index contributed by atoms with van der Waals surface area (Å²) in [5, 5.41) is 6.19. The Kier molecular flexibility index (Phi) is 13.4. The summed E-state index contributed by atoms with van der Waals surface area (Å²) in [4.78, 5) is 43.7. The number of benzene rings is 1. The number of rotatable bonds is 12. The van der Waals surface area contributed by atoms with Crippen LogP contribution in [0.15, 0.2) is 24.3 Å². The van der Waals surface area contributed by atoms with E-state index in [4.69, 9.17) is 9.47 Å². The first kappa shape index (κ1) is 34.8. The van der Waals surface area contributed by atoms with Gasteiger partial charge in [0.2, 0.25) is 11.8 Å². The minimum Gasteiger partial charge on any atom is -0.497 e. The minimum atomic E-state index is -0.650. The summed E-state index contributed by atoms with van der Waals surface area (Å²) >= 11 is 3.29. The van der Waals surface area contributed by atoms with Crippen molar-refractivity contribution in [3.05, 3.63) is 29.8 Å². The second kappa shape index (κ2) is 17.0. The molecule has 0 aromatic heterocycles. The van der Waals surface area contributed by atoms with Crippen LogP contribution in [-0.2, 0) is 20.9 Å². The van der Waals surface area contributed by atoms with Crippen molar-refractivity contribution in [2.45, 2.75) is 89.9 Å². The molecular formula is C33H52N4O5S2. The number of nitrogens with one attached hydrogen (secondary N) is 2. The van der Waals surface area contributed by atoms with E-state index in [1.807, 2.05) is 32.9 Å². The lowest BCUT2D eigenvalue weighted by Crippen LogP contribution is -2.55. The average Bonchev–Trinajstić information content (AvgIpc) is 3.51. The van der Waals surface area contributed by atoms with Gasteiger partial charge in [0.25, 0.3) is 0 Å². The van der Waals surface area contributed by atoms with Gasteiger partial charge in [0.1, 0.15) is 23.4 Å². The van der Waals surface area contributed by atoms with Gasteiger partial charge < -0.3 is 20.1 Å². The van der Waals surface area contributed by atoms with Crippen LogP contribution < -0.4 is 15.4 Å². The van der Waals surface area contributed by atoms with Crippen molar-refractivity contribution in [3.8, 4) is 5.75 Å². The number of thioether (sulfide) groups is 2. The first-order chi connectivity index (χ1) is 21.1. The molecule has 0 radical (unpaired) electrons. The third-order valence-electron chi connectivity index (χ3n) is 8.65. The van der Waals surface area contributed by atoms with Crippen LogP contribution >= 0.6 is 23.5 Å². The number of hydrogen-bond acceptors (Lipinski definition) is 8. The third kappa shape index (κ3) is 11.1. The molecule has 4 rings (SSSR count). The normalized spacial score (nSPS) is 21.1. The molecule has 1 aromatic carbocycles. The van der Waals surface area contributed by atoms with Crippen LogP contribution in [0.4, 0.5) is 4.79 Å². The summed E-state index contributed by atoms with van der Waals surface area (Å²) in [6.45, 7) is 8.95. The molecular weight excluding hydrogens is 597 g/mol. The number of methoxy groups -OCH3 is 1. The van der Waals surface area contributed by atoms with Crippen LogP contribution in [0.1, 0.15) is 71.3 Å². The van der Waals surface area contributed by atoms with E-state index < -0.39 is 23.8 Å². The van der Waals surface area contributed by atoms with E-state index in [0.29, 0.717) is 35.8 Å². The smallest absolute Gasteiger partial charge is 0.411 e. The fourth-order valence-corrected chi connectivity index (χ4v) is 8.44. The molecule has 44 heavy (non-hydrogen) atoms. The Morgan fingerprint density at radius 3 is 2.39 bits per heavy atom. The highest BCUT2D eigenvalue weighted by Gasteiger charge is 2.38. The van der Waals surface area contributed by atoms with Crippen molar-refractivity contribution < 1.29 is 23.9 Å². The molecule has 2 unspecified atom stereocenters. The molecule has 9 nitrogen and oxygen atoms in total. The molecule has 3 fully saturated rings.